The molecule has 0 rings (SSSR count). The Kier molecular flexibility index (Phi) is 30.1. The standard InChI is InChI=1S/C4H7Cl2.C2H5.Mg/c1-2-3-4(5)6;1-2;/h4H,1-3H2;1H2,2H3;/q2*-1;+2. The van der Waals surface area contributed by atoms with Gasteiger partial charge in [0.15, 0.2) is 0 Å². The largest absolute Gasteiger partial charge is 2.00 e. The van der Waals surface area contributed by atoms with Crippen molar-refractivity contribution in [2.75, 3.05) is 0 Å². The number of halogens is 2. The normalized spacial score (nSPS) is 7.33. The quantitative estimate of drug-likeness (QED) is 0.347. The zero-order chi connectivity index (χ0) is 6.99. The minimum Gasteiger partial charge on any atom is -0.346 e. The van der Waals surface area contributed by atoms with Crippen molar-refractivity contribution in [2.45, 2.75) is 24.6 Å². The van der Waals surface area contributed by atoms with Crippen molar-refractivity contribution in [3.8, 4) is 0 Å². The molecule has 0 spiro atoms. The van der Waals surface area contributed by atoms with Gasteiger partial charge in [-0.05, 0) is 0 Å². The van der Waals surface area contributed by atoms with E-state index in [2.05, 4.69) is 13.8 Å². The summed E-state index contributed by atoms with van der Waals surface area (Å²) in [7, 11) is 0. The van der Waals surface area contributed by atoms with Gasteiger partial charge in [-0.1, -0.05) is 6.42 Å². The first-order valence-electron chi connectivity index (χ1n) is 2.55. The van der Waals surface area contributed by atoms with E-state index < -0.39 is 0 Å². The van der Waals surface area contributed by atoms with E-state index in [1.54, 1.807) is 6.92 Å². The summed E-state index contributed by atoms with van der Waals surface area (Å²) in [6.07, 6.45) is 1.61. The summed E-state index contributed by atoms with van der Waals surface area (Å²) < 4.78 is 0. The molecule has 0 aromatic rings. The molecule has 0 atom stereocenters. The van der Waals surface area contributed by atoms with Gasteiger partial charge in [0.2, 0.25) is 0 Å². The minimum atomic E-state index is -0.220. The molecule has 0 unspecified atom stereocenters. The van der Waals surface area contributed by atoms with E-state index in [0.717, 1.165) is 12.8 Å². The third-order valence-corrected chi connectivity index (χ3v) is 0.859. The summed E-state index contributed by atoms with van der Waals surface area (Å²) in [6.45, 7) is 8.56. The van der Waals surface area contributed by atoms with Crippen molar-refractivity contribution in [1.82, 2.24) is 0 Å². The Morgan fingerprint density at radius 2 is 1.67 bits per heavy atom. The van der Waals surface area contributed by atoms with Crippen molar-refractivity contribution in [2.24, 2.45) is 0 Å². The molecule has 0 amide bonds. The Morgan fingerprint density at radius 3 is 1.67 bits per heavy atom. The molecule has 9 heavy (non-hydrogen) atoms. The monoisotopic (exact) mass is 178 g/mol. The van der Waals surface area contributed by atoms with Gasteiger partial charge in [0, 0.05) is 0 Å². The van der Waals surface area contributed by atoms with Crippen molar-refractivity contribution in [3.05, 3.63) is 13.8 Å². The first-order valence-corrected chi connectivity index (χ1v) is 3.42. The van der Waals surface area contributed by atoms with E-state index in [1.165, 1.54) is 0 Å². The fraction of sp³-hybridized carbons (Fsp3) is 0.667. The van der Waals surface area contributed by atoms with Crippen LogP contribution in [0.2, 0.25) is 0 Å². The van der Waals surface area contributed by atoms with Crippen LogP contribution in [-0.2, 0) is 0 Å². The molecule has 0 aliphatic heterocycles. The zero-order valence-corrected chi connectivity index (χ0v) is 8.79. The van der Waals surface area contributed by atoms with Gasteiger partial charge in [-0.3, -0.25) is 0 Å². The number of hydrogen-bond acceptors (Lipinski definition) is 0. The Labute approximate surface area is 84.4 Å². The Balaban J connectivity index is -0.000000109. The summed E-state index contributed by atoms with van der Waals surface area (Å²) in [5.41, 5.74) is 0. The maximum atomic E-state index is 5.30. The van der Waals surface area contributed by atoms with Crippen molar-refractivity contribution >= 4 is 46.3 Å². The van der Waals surface area contributed by atoms with Crippen LogP contribution in [-0.4, -0.2) is 27.9 Å². The average Bonchev–Trinajstić information content (AvgIpc) is 1.72. The molecule has 0 aromatic heterocycles. The Hall–Kier alpha value is 1.35. The summed E-state index contributed by atoms with van der Waals surface area (Å²) >= 11 is 10.6. The van der Waals surface area contributed by atoms with Gasteiger partial charge in [-0.2, -0.15) is 13.3 Å². The third kappa shape index (κ3) is 26.7. The van der Waals surface area contributed by atoms with Crippen LogP contribution in [0.1, 0.15) is 19.8 Å². The molecular formula is C6H12Cl2Mg. The average molecular weight is 179 g/mol. The zero-order valence-electron chi connectivity index (χ0n) is 5.87. The van der Waals surface area contributed by atoms with E-state index >= 15 is 0 Å². The molecular weight excluding hydrogens is 167 g/mol. The fourth-order valence-corrected chi connectivity index (χ4v) is 0.463. The SMILES string of the molecule is [CH2-]C.[CH2-]CCC(Cl)Cl.[Mg+2]. The maximum absolute atomic E-state index is 5.30. The second-order valence-electron chi connectivity index (χ2n) is 1.03. The summed E-state index contributed by atoms with van der Waals surface area (Å²) in [4.78, 5) is -0.220. The van der Waals surface area contributed by atoms with E-state index in [1.807, 2.05) is 0 Å². The van der Waals surface area contributed by atoms with Crippen molar-refractivity contribution in [1.29, 1.82) is 0 Å². The fourth-order valence-electron chi connectivity index (χ4n) is 0.154. The molecule has 0 bridgehead atoms. The second kappa shape index (κ2) is 16.2. The Bertz CT molecular complexity index is 32.2. The second-order valence-corrected chi connectivity index (χ2v) is 2.31. The van der Waals surface area contributed by atoms with E-state index in [0.29, 0.717) is 0 Å². The molecule has 52 valence electrons. The molecule has 0 saturated carbocycles. The first-order chi connectivity index (χ1) is 3.77. The Morgan fingerprint density at radius 1 is 1.33 bits per heavy atom. The van der Waals surface area contributed by atoms with Gasteiger partial charge in [-0.15, -0.1) is 23.2 Å². The molecule has 0 radical (unpaired) electrons. The van der Waals surface area contributed by atoms with Crippen LogP contribution in [0, 0.1) is 13.8 Å². The molecule has 0 aliphatic rings. The molecule has 0 fully saturated rings. The molecule has 3 heteroatoms. The van der Waals surface area contributed by atoms with Gasteiger partial charge >= 0.3 is 23.1 Å². The molecule has 0 aliphatic carbocycles. The topological polar surface area (TPSA) is 0 Å². The number of rotatable bonds is 2. The van der Waals surface area contributed by atoms with Gasteiger partial charge in [0.1, 0.15) is 4.84 Å². The van der Waals surface area contributed by atoms with Gasteiger partial charge < -0.3 is 13.8 Å². The van der Waals surface area contributed by atoms with Crippen LogP contribution in [0.5, 0.6) is 0 Å². The van der Waals surface area contributed by atoms with E-state index in [4.69, 9.17) is 23.2 Å². The smallest absolute Gasteiger partial charge is 0.346 e. The molecule has 0 nitrogen and oxygen atoms in total. The van der Waals surface area contributed by atoms with Gasteiger partial charge in [0.25, 0.3) is 0 Å². The molecule has 0 N–H and O–H groups in total. The van der Waals surface area contributed by atoms with Crippen LogP contribution < -0.4 is 0 Å². The van der Waals surface area contributed by atoms with Gasteiger partial charge in [-0.25, -0.2) is 0 Å². The summed E-state index contributed by atoms with van der Waals surface area (Å²) in [6, 6.07) is 0. The summed E-state index contributed by atoms with van der Waals surface area (Å²) in [5, 5.41) is 0. The van der Waals surface area contributed by atoms with E-state index in [9.17, 15) is 0 Å². The third-order valence-electron chi connectivity index (χ3n) is 0.422. The minimum absolute atomic E-state index is 0. The van der Waals surface area contributed by atoms with Gasteiger partial charge in [0.05, 0.1) is 0 Å². The molecule has 0 heterocycles. The van der Waals surface area contributed by atoms with Crippen molar-refractivity contribution in [3.63, 3.8) is 0 Å². The van der Waals surface area contributed by atoms with Crippen LogP contribution in [0.15, 0.2) is 0 Å². The van der Waals surface area contributed by atoms with Crippen LogP contribution in [0.3, 0.4) is 0 Å². The van der Waals surface area contributed by atoms with Crippen molar-refractivity contribution < 1.29 is 0 Å². The predicted octanol–water partition coefficient (Wildman–Crippen LogP) is 2.86. The molecule has 0 saturated heterocycles. The maximum Gasteiger partial charge on any atom is 2.00 e. The molecule has 0 aromatic carbocycles. The van der Waals surface area contributed by atoms with E-state index in [-0.39, 0.29) is 27.9 Å². The first kappa shape index (κ1) is 16.7. The number of alkyl halides is 2. The van der Waals surface area contributed by atoms with Crippen LogP contribution >= 0.6 is 23.2 Å². The number of hydrogen-bond donors (Lipinski definition) is 0. The van der Waals surface area contributed by atoms with Crippen LogP contribution in [0.4, 0.5) is 0 Å². The van der Waals surface area contributed by atoms with Crippen LogP contribution in [0.25, 0.3) is 0 Å². The summed E-state index contributed by atoms with van der Waals surface area (Å²) in [5.74, 6) is 0. The predicted molar refractivity (Wildman–Crippen MR) is 46.9 cm³/mol.